The third-order valence-electron chi connectivity index (χ3n) is 2.89. The summed E-state index contributed by atoms with van der Waals surface area (Å²) in [6.07, 6.45) is 3.15. The second kappa shape index (κ2) is 4.08. The molecule has 0 aromatic carbocycles. The van der Waals surface area contributed by atoms with Crippen molar-refractivity contribution in [3.63, 3.8) is 0 Å². The van der Waals surface area contributed by atoms with Gasteiger partial charge < -0.3 is 0 Å². The van der Waals surface area contributed by atoms with Crippen molar-refractivity contribution in [2.75, 3.05) is 11.4 Å². The lowest BCUT2D eigenvalue weighted by atomic mass is 10.1. The molecule has 5 heteroatoms. The van der Waals surface area contributed by atoms with Gasteiger partial charge in [0.2, 0.25) is 5.91 Å². The number of rotatable bonds is 3. The normalized spacial score (nSPS) is 20.5. The lowest BCUT2D eigenvalue weighted by Gasteiger charge is -2.10. The first-order chi connectivity index (χ1) is 7.65. The third kappa shape index (κ3) is 1.73. The average Bonchev–Trinajstić information content (AvgIpc) is 2.81. The minimum atomic E-state index is 0.0816. The zero-order valence-electron chi connectivity index (χ0n) is 9.68. The molecule has 0 radical (unpaired) electrons. The maximum Gasteiger partial charge on any atom is 0.251 e. The molecule has 2 heterocycles. The van der Waals surface area contributed by atoms with Crippen LogP contribution in [-0.4, -0.2) is 27.2 Å². The number of hydrogen-bond donors (Lipinski definition) is 0. The summed E-state index contributed by atoms with van der Waals surface area (Å²) in [4.78, 5) is 17.7. The van der Waals surface area contributed by atoms with E-state index in [-0.39, 0.29) is 11.8 Å². The van der Waals surface area contributed by atoms with Gasteiger partial charge in [-0.1, -0.05) is 13.0 Å². The maximum absolute atomic E-state index is 11.7. The van der Waals surface area contributed by atoms with Crippen molar-refractivity contribution >= 4 is 11.9 Å². The van der Waals surface area contributed by atoms with Crippen LogP contribution in [0.3, 0.4) is 0 Å². The van der Waals surface area contributed by atoms with Crippen LogP contribution in [0.4, 0.5) is 5.95 Å². The summed E-state index contributed by atoms with van der Waals surface area (Å²) in [6.45, 7) is 6.39. The van der Waals surface area contributed by atoms with Gasteiger partial charge in [-0.2, -0.15) is 4.98 Å². The van der Waals surface area contributed by atoms with E-state index in [1.165, 1.54) is 0 Å². The van der Waals surface area contributed by atoms with E-state index >= 15 is 0 Å². The molecule has 1 aromatic rings. The van der Waals surface area contributed by atoms with Gasteiger partial charge in [0.1, 0.15) is 5.82 Å². The van der Waals surface area contributed by atoms with Crippen LogP contribution < -0.4 is 4.90 Å². The van der Waals surface area contributed by atoms with E-state index in [2.05, 4.69) is 16.7 Å². The van der Waals surface area contributed by atoms with Crippen molar-refractivity contribution in [1.29, 1.82) is 0 Å². The fourth-order valence-corrected chi connectivity index (χ4v) is 1.91. The zero-order valence-corrected chi connectivity index (χ0v) is 9.68. The predicted octanol–water partition coefficient (Wildman–Crippen LogP) is 0.916. The Balaban J connectivity index is 2.24. The minimum Gasteiger partial charge on any atom is -0.279 e. The van der Waals surface area contributed by atoms with Crippen molar-refractivity contribution < 1.29 is 4.79 Å². The molecule has 2 rings (SSSR count). The van der Waals surface area contributed by atoms with Gasteiger partial charge in [0.05, 0.1) is 0 Å². The molecule has 1 fully saturated rings. The standard InChI is InChI=1S/C11H16N4O/c1-4-8-6-10(16)15(7-8)11-12-9(5-2)14(3)13-11/h4,8H,1,5-7H2,2-3H3. The van der Waals surface area contributed by atoms with Crippen LogP contribution >= 0.6 is 0 Å². The zero-order chi connectivity index (χ0) is 11.7. The molecule has 1 amide bonds. The molecule has 1 saturated heterocycles. The number of nitrogens with zero attached hydrogens (tertiary/aromatic N) is 4. The summed E-state index contributed by atoms with van der Waals surface area (Å²) in [6, 6.07) is 0. The van der Waals surface area contributed by atoms with Crippen molar-refractivity contribution in [2.24, 2.45) is 13.0 Å². The first-order valence-electron chi connectivity index (χ1n) is 5.48. The highest BCUT2D eigenvalue weighted by Crippen LogP contribution is 2.22. The van der Waals surface area contributed by atoms with Crippen molar-refractivity contribution in [2.45, 2.75) is 19.8 Å². The van der Waals surface area contributed by atoms with Gasteiger partial charge in [-0.3, -0.25) is 14.4 Å². The van der Waals surface area contributed by atoms with E-state index in [4.69, 9.17) is 0 Å². The highest BCUT2D eigenvalue weighted by molar-refractivity contribution is 5.94. The molecule has 0 spiro atoms. The first kappa shape index (κ1) is 10.9. The number of amides is 1. The van der Waals surface area contributed by atoms with Gasteiger partial charge in [-0.25, -0.2) is 0 Å². The molecule has 5 nitrogen and oxygen atoms in total. The molecular weight excluding hydrogens is 204 g/mol. The van der Waals surface area contributed by atoms with Gasteiger partial charge in [-0.05, 0) is 0 Å². The van der Waals surface area contributed by atoms with Crippen LogP contribution in [0.1, 0.15) is 19.2 Å². The largest absolute Gasteiger partial charge is 0.279 e. The number of anilines is 1. The topological polar surface area (TPSA) is 51.0 Å². The Kier molecular flexibility index (Phi) is 2.77. The van der Waals surface area contributed by atoms with Gasteiger partial charge in [0, 0.05) is 32.4 Å². The summed E-state index contributed by atoms with van der Waals surface area (Å²) < 4.78 is 1.73. The van der Waals surface area contributed by atoms with Crippen molar-refractivity contribution in [3.05, 3.63) is 18.5 Å². The second-order valence-electron chi connectivity index (χ2n) is 4.01. The van der Waals surface area contributed by atoms with E-state index in [1.54, 1.807) is 9.58 Å². The Bertz CT molecular complexity index is 424. The summed E-state index contributed by atoms with van der Waals surface area (Å²) >= 11 is 0. The second-order valence-corrected chi connectivity index (χ2v) is 4.01. The Hall–Kier alpha value is -1.65. The molecular formula is C11H16N4O. The summed E-state index contributed by atoms with van der Waals surface area (Å²) in [5.41, 5.74) is 0. The number of aromatic nitrogens is 3. The summed E-state index contributed by atoms with van der Waals surface area (Å²) in [5, 5.41) is 4.26. The Labute approximate surface area is 94.8 Å². The molecule has 1 aliphatic heterocycles. The minimum absolute atomic E-state index is 0.0816. The average molecular weight is 220 g/mol. The Morgan fingerprint density at radius 2 is 2.38 bits per heavy atom. The van der Waals surface area contributed by atoms with E-state index in [0.29, 0.717) is 18.9 Å². The Morgan fingerprint density at radius 1 is 1.62 bits per heavy atom. The fraction of sp³-hybridized carbons (Fsp3) is 0.545. The van der Waals surface area contributed by atoms with Gasteiger partial charge in [0.25, 0.3) is 5.95 Å². The first-order valence-corrected chi connectivity index (χ1v) is 5.48. The molecule has 16 heavy (non-hydrogen) atoms. The van der Waals surface area contributed by atoms with Crippen LogP contribution in [0, 0.1) is 5.92 Å². The predicted molar refractivity (Wildman–Crippen MR) is 61.0 cm³/mol. The van der Waals surface area contributed by atoms with Gasteiger partial charge in [-0.15, -0.1) is 11.7 Å². The molecule has 1 unspecified atom stereocenters. The molecule has 0 aliphatic carbocycles. The summed E-state index contributed by atoms with van der Waals surface area (Å²) in [5.74, 6) is 1.72. The molecule has 0 saturated carbocycles. The van der Waals surface area contributed by atoms with Crippen molar-refractivity contribution in [3.8, 4) is 0 Å². The smallest absolute Gasteiger partial charge is 0.251 e. The third-order valence-corrected chi connectivity index (χ3v) is 2.89. The quantitative estimate of drug-likeness (QED) is 0.712. The molecule has 1 atom stereocenters. The van der Waals surface area contributed by atoms with Crippen LogP contribution in [0.15, 0.2) is 12.7 Å². The van der Waals surface area contributed by atoms with Crippen LogP contribution in [0.5, 0.6) is 0 Å². The van der Waals surface area contributed by atoms with Gasteiger partial charge >= 0.3 is 0 Å². The molecule has 1 aliphatic rings. The Morgan fingerprint density at radius 3 is 2.88 bits per heavy atom. The van der Waals surface area contributed by atoms with E-state index in [9.17, 15) is 4.79 Å². The molecule has 0 bridgehead atoms. The molecule has 1 aromatic heterocycles. The molecule has 86 valence electrons. The monoisotopic (exact) mass is 220 g/mol. The lowest BCUT2D eigenvalue weighted by molar-refractivity contribution is -0.117. The fourth-order valence-electron chi connectivity index (χ4n) is 1.91. The number of aryl methyl sites for hydroxylation is 2. The van der Waals surface area contributed by atoms with Crippen LogP contribution in [0.25, 0.3) is 0 Å². The highest BCUT2D eigenvalue weighted by atomic mass is 16.2. The maximum atomic E-state index is 11.7. The lowest BCUT2D eigenvalue weighted by Crippen LogP contribution is -2.25. The van der Waals surface area contributed by atoms with Crippen molar-refractivity contribution in [1.82, 2.24) is 14.8 Å². The van der Waals surface area contributed by atoms with Crippen LogP contribution in [-0.2, 0) is 18.3 Å². The van der Waals surface area contributed by atoms with E-state index in [1.807, 2.05) is 20.0 Å². The number of carbonyl (C=O) groups excluding carboxylic acids is 1. The number of hydrogen-bond acceptors (Lipinski definition) is 3. The van der Waals surface area contributed by atoms with E-state index in [0.717, 1.165) is 12.2 Å². The summed E-state index contributed by atoms with van der Waals surface area (Å²) in [7, 11) is 1.85. The highest BCUT2D eigenvalue weighted by Gasteiger charge is 2.31. The number of carbonyl (C=O) groups is 1. The van der Waals surface area contributed by atoms with E-state index < -0.39 is 0 Å². The SMILES string of the molecule is C=CC1CC(=O)N(c2nc(CC)n(C)n2)C1. The van der Waals surface area contributed by atoms with Crippen LogP contribution in [0.2, 0.25) is 0 Å². The van der Waals surface area contributed by atoms with Gasteiger partial charge in [0.15, 0.2) is 0 Å². The molecule has 0 N–H and O–H groups in total.